The molecule has 0 N–H and O–H groups in total. The fourth-order valence-electron chi connectivity index (χ4n) is 2.61. The Balaban J connectivity index is 2.19. The zero-order chi connectivity index (χ0) is 13.9. The van der Waals surface area contributed by atoms with E-state index < -0.39 is 0 Å². The average Bonchev–Trinajstić information content (AvgIpc) is 2.36. The standard InChI is InChI=1S/C16H28O3/c1-2-3-13-19-16(18)12-11-15(17)14-9-7-5-4-6-8-10-14/h14H,2-13H2,1H3. The molecule has 3 nitrogen and oxygen atoms in total. The predicted octanol–water partition coefficient (Wildman–Crippen LogP) is 4.04. The lowest BCUT2D eigenvalue weighted by Gasteiger charge is -2.18. The molecule has 1 aliphatic rings. The molecule has 0 unspecified atom stereocenters. The van der Waals surface area contributed by atoms with E-state index in [4.69, 9.17) is 4.74 Å². The highest BCUT2D eigenvalue weighted by Gasteiger charge is 2.20. The molecule has 0 radical (unpaired) electrons. The molecule has 110 valence electrons. The minimum absolute atomic E-state index is 0.198. The first kappa shape index (κ1) is 16.2. The normalized spacial score (nSPS) is 17.5. The van der Waals surface area contributed by atoms with Crippen LogP contribution >= 0.6 is 0 Å². The summed E-state index contributed by atoms with van der Waals surface area (Å²) in [5.74, 6) is 0.255. The summed E-state index contributed by atoms with van der Waals surface area (Å²) >= 11 is 0. The Morgan fingerprint density at radius 2 is 1.63 bits per heavy atom. The third kappa shape index (κ3) is 7.34. The van der Waals surface area contributed by atoms with Gasteiger partial charge in [-0.1, -0.05) is 45.4 Å². The average molecular weight is 268 g/mol. The first-order valence-electron chi connectivity index (χ1n) is 7.92. The Labute approximate surface area is 117 Å². The van der Waals surface area contributed by atoms with Crippen LogP contribution in [0.1, 0.15) is 77.6 Å². The van der Waals surface area contributed by atoms with E-state index in [9.17, 15) is 9.59 Å². The maximum Gasteiger partial charge on any atom is 0.306 e. The van der Waals surface area contributed by atoms with Gasteiger partial charge in [-0.05, 0) is 19.3 Å². The summed E-state index contributed by atoms with van der Waals surface area (Å²) in [4.78, 5) is 23.5. The summed E-state index contributed by atoms with van der Waals surface area (Å²) in [5, 5.41) is 0. The van der Waals surface area contributed by atoms with Gasteiger partial charge in [0.25, 0.3) is 0 Å². The second-order valence-corrected chi connectivity index (χ2v) is 5.58. The van der Waals surface area contributed by atoms with Gasteiger partial charge < -0.3 is 4.74 Å². The van der Waals surface area contributed by atoms with E-state index in [0.717, 1.165) is 38.5 Å². The molecule has 1 rings (SSSR count). The van der Waals surface area contributed by atoms with E-state index in [-0.39, 0.29) is 24.1 Å². The third-order valence-corrected chi connectivity index (χ3v) is 3.90. The Kier molecular flexibility index (Phi) is 8.52. The van der Waals surface area contributed by atoms with Crippen LogP contribution in [0.4, 0.5) is 0 Å². The topological polar surface area (TPSA) is 43.4 Å². The number of ether oxygens (including phenoxy) is 1. The van der Waals surface area contributed by atoms with Crippen LogP contribution < -0.4 is 0 Å². The van der Waals surface area contributed by atoms with Crippen molar-refractivity contribution in [2.24, 2.45) is 5.92 Å². The monoisotopic (exact) mass is 268 g/mol. The number of esters is 1. The van der Waals surface area contributed by atoms with Gasteiger partial charge in [-0.2, -0.15) is 0 Å². The summed E-state index contributed by atoms with van der Waals surface area (Å²) < 4.78 is 5.07. The van der Waals surface area contributed by atoms with Crippen molar-refractivity contribution >= 4 is 11.8 Å². The molecule has 0 spiro atoms. The summed E-state index contributed by atoms with van der Waals surface area (Å²) in [5.41, 5.74) is 0. The summed E-state index contributed by atoms with van der Waals surface area (Å²) in [7, 11) is 0. The number of hydrogen-bond donors (Lipinski definition) is 0. The van der Waals surface area contributed by atoms with Gasteiger partial charge in [0.05, 0.1) is 13.0 Å². The van der Waals surface area contributed by atoms with Crippen molar-refractivity contribution in [2.75, 3.05) is 6.61 Å². The van der Waals surface area contributed by atoms with E-state index >= 15 is 0 Å². The molecule has 0 aromatic rings. The largest absolute Gasteiger partial charge is 0.466 e. The van der Waals surface area contributed by atoms with Crippen molar-refractivity contribution in [3.63, 3.8) is 0 Å². The van der Waals surface area contributed by atoms with Crippen molar-refractivity contribution in [3.05, 3.63) is 0 Å². The Morgan fingerprint density at radius 1 is 1.00 bits per heavy atom. The number of rotatable bonds is 7. The van der Waals surface area contributed by atoms with E-state index in [1.165, 1.54) is 19.3 Å². The van der Waals surface area contributed by atoms with Crippen LogP contribution in [0.2, 0.25) is 0 Å². The summed E-state index contributed by atoms with van der Waals surface area (Å²) in [6.45, 7) is 2.55. The predicted molar refractivity (Wildman–Crippen MR) is 75.9 cm³/mol. The number of carbonyl (C=O) groups is 2. The lowest BCUT2D eigenvalue weighted by atomic mass is 9.87. The number of Topliss-reactive ketones (excluding diaryl/α,β-unsaturated/α-hetero) is 1. The fraction of sp³-hybridized carbons (Fsp3) is 0.875. The Hall–Kier alpha value is -0.860. The van der Waals surface area contributed by atoms with Crippen LogP contribution in [0.5, 0.6) is 0 Å². The molecule has 19 heavy (non-hydrogen) atoms. The molecule has 0 saturated heterocycles. The zero-order valence-corrected chi connectivity index (χ0v) is 12.3. The van der Waals surface area contributed by atoms with Crippen molar-refractivity contribution in [1.29, 1.82) is 0 Å². The second-order valence-electron chi connectivity index (χ2n) is 5.58. The van der Waals surface area contributed by atoms with Gasteiger partial charge in [0.15, 0.2) is 0 Å². The number of hydrogen-bond acceptors (Lipinski definition) is 3. The lowest BCUT2D eigenvalue weighted by molar-refractivity contribution is -0.145. The van der Waals surface area contributed by atoms with E-state index in [0.29, 0.717) is 13.0 Å². The first-order valence-corrected chi connectivity index (χ1v) is 7.92. The number of ketones is 1. The van der Waals surface area contributed by atoms with E-state index in [2.05, 4.69) is 6.92 Å². The third-order valence-electron chi connectivity index (χ3n) is 3.90. The van der Waals surface area contributed by atoms with E-state index in [1.807, 2.05) is 0 Å². The van der Waals surface area contributed by atoms with Gasteiger partial charge in [0, 0.05) is 12.3 Å². The van der Waals surface area contributed by atoms with Crippen molar-refractivity contribution in [2.45, 2.75) is 77.6 Å². The molecule has 0 heterocycles. The van der Waals surface area contributed by atoms with Gasteiger partial charge in [0.2, 0.25) is 0 Å². The molecule has 1 saturated carbocycles. The maximum atomic E-state index is 12.1. The van der Waals surface area contributed by atoms with Crippen molar-refractivity contribution in [1.82, 2.24) is 0 Å². The van der Waals surface area contributed by atoms with Gasteiger partial charge in [-0.25, -0.2) is 0 Å². The smallest absolute Gasteiger partial charge is 0.306 e. The van der Waals surface area contributed by atoms with Crippen molar-refractivity contribution in [3.8, 4) is 0 Å². The first-order chi connectivity index (χ1) is 9.24. The quantitative estimate of drug-likeness (QED) is 0.517. The molecule has 0 amide bonds. The number of unbranched alkanes of at least 4 members (excludes halogenated alkanes) is 1. The van der Waals surface area contributed by atoms with Gasteiger partial charge in [-0.3, -0.25) is 9.59 Å². The molecule has 0 aromatic heterocycles. The zero-order valence-electron chi connectivity index (χ0n) is 12.3. The van der Waals surface area contributed by atoms with Crippen LogP contribution in [0.25, 0.3) is 0 Å². The van der Waals surface area contributed by atoms with Gasteiger partial charge in [-0.15, -0.1) is 0 Å². The van der Waals surface area contributed by atoms with Crippen LogP contribution in [0.3, 0.4) is 0 Å². The molecule has 0 aromatic carbocycles. The summed E-state index contributed by atoms with van der Waals surface area (Å²) in [6, 6.07) is 0. The molecule has 1 aliphatic carbocycles. The Morgan fingerprint density at radius 3 is 2.26 bits per heavy atom. The number of carbonyl (C=O) groups excluding carboxylic acids is 2. The minimum atomic E-state index is -0.215. The van der Waals surface area contributed by atoms with Gasteiger partial charge in [0.1, 0.15) is 5.78 Å². The Bertz CT molecular complexity index is 265. The molecular formula is C16H28O3. The van der Waals surface area contributed by atoms with E-state index in [1.54, 1.807) is 0 Å². The highest BCUT2D eigenvalue weighted by molar-refractivity contribution is 5.84. The molecule has 3 heteroatoms. The highest BCUT2D eigenvalue weighted by Crippen LogP contribution is 2.24. The lowest BCUT2D eigenvalue weighted by Crippen LogP contribution is -2.18. The van der Waals surface area contributed by atoms with Gasteiger partial charge >= 0.3 is 5.97 Å². The summed E-state index contributed by atoms with van der Waals surface area (Å²) in [6.07, 6.45) is 10.7. The minimum Gasteiger partial charge on any atom is -0.466 e. The molecule has 0 atom stereocenters. The van der Waals surface area contributed by atoms with Crippen LogP contribution in [-0.2, 0) is 14.3 Å². The SMILES string of the molecule is CCCCOC(=O)CCC(=O)C1CCCCCCC1. The van der Waals surface area contributed by atoms with Crippen molar-refractivity contribution < 1.29 is 14.3 Å². The van der Waals surface area contributed by atoms with Crippen LogP contribution in [0.15, 0.2) is 0 Å². The maximum absolute atomic E-state index is 12.1. The molecular weight excluding hydrogens is 240 g/mol. The second kappa shape index (κ2) is 9.99. The fourth-order valence-corrected chi connectivity index (χ4v) is 2.61. The molecule has 1 fully saturated rings. The molecule has 0 aliphatic heterocycles. The van der Waals surface area contributed by atoms with Crippen LogP contribution in [-0.4, -0.2) is 18.4 Å². The highest BCUT2D eigenvalue weighted by atomic mass is 16.5. The molecule has 0 bridgehead atoms. The van der Waals surface area contributed by atoms with Crippen LogP contribution in [0, 0.1) is 5.92 Å².